The largest absolute Gasteiger partial charge is 0.491 e. The summed E-state index contributed by atoms with van der Waals surface area (Å²) >= 11 is 16.5. The maximum atomic E-state index is 15.5. The molecule has 0 atom stereocenters. The van der Waals surface area contributed by atoms with E-state index in [-0.39, 0.29) is 5.75 Å². The van der Waals surface area contributed by atoms with Crippen molar-refractivity contribution in [2.24, 2.45) is 0 Å². The van der Waals surface area contributed by atoms with E-state index in [9.17, 15) is 9.18 Å². The van der Waals surface area contributed by atoms with Crippen LogP contribution in [0.25, 0.3) is 33.0 Å². The van der Waals surface area contributed by atoms with Crippen molar-refractivity contribution >= 4 is 62.1 Å². The molecular formula is C40H34BrCl2F2NO3. The number of nitrogens with one attached hydrogen (secondary N) is 1. The van der Waals surface area contributed by atoms with Gasteiger partial charge >= 0.3 is 5.97 Å². The van der Waals surface area contributed by atoms with Gasteiger partial charge < -0.3 is 14.9 Å². The normalized spacial score (nSPS) is 11.0. The summed E-state index contributed by atoms with van der Waals surface area (Å²) in [6.45, 7) is 4.07. The van der Waals surface area contributed by atoms with Gasteiger partial charge in [0.2, 0.25) is 0 Å². The Morgan fingerprint density at radius 3 is 2.29 bits per heavy atom. The second kappa shape index (κ2) is 17.1. The lowest BCUT2D eigenvalue weighted by Crippen LogP contribution is -2.02. The third kappa shape index (κ3) is 9.15. The lowest BCUT2D eigenvalue weighted by Gasteiger charge is -2.14. The van der Waals surface area contributed by atoms with Crippen molar-refractivity contribution in [2.75, 3.05) is 13.2 Å². The molecule has 0 bridgehead atoms. The molecule has 49 heavy (non-hydrogen) atoms. The summed E-state index contributed by atoms with van der Waals surface area (Å²) in [5.74, 6) is -1.17. The first-order chi connectivity index (χ1) is 23.7. The number of unbranched alkanes of at least 4 members (excludes halogenated alkanes) is 3. The van der Waals surface area contributed by atoms with Crippen LogP contribution >= 0.6 is 39.1 Å². The number of hydrogen-bond donors (Lipinski definition) is 1. The van der Waals surface area contributed by atoms with Crippen LogP contribution < -0.4 is 4.74 Å². The fourth-order valence-electron chi connectivity index (χ4n) is 5.63. The van der Waals surface area contributed by atoms with Crippen molar-refractivity contribution in [1.82, 2.24) is 0 Å². The summed E-state index contributed by atoms with van der Waals surface area (Å²) in [5.41, 5.74) is 4.53. The number of hydrogen-bond acceptors (Lipinski definition) is 4. The molecule has 0 unspecified atom stereocenters. The van der Waals surface area contributed by atoms with Gasteiger partial charge in [-0.3, -0.25) is 0 Å². The predicted octanol–water partition coefficient (Wildman–Crippen LogP) is 12.0. The molecule has 5 rings (SSSR count). The number of halogens is 5. The SMILES string of the molecule is C=CC(=O)OCCCCCCOc1ccc(-c2ccc(-c3cc(F)c(CCc4ccc5c(Cl)c(Br)ccc5c4)c(Cl)c3)c(C=N)c2)cc1F. The number of aryl methyl sites for hydroxylation is 1. The molecule has 5 aromatic carbocycles. The Bertz CT molecular complexity index is 1990. The van der Waals surface area contributed by atoms with Gasteiger partial charge in [-0.25, -0.2) is 13.6 Å². The van der Waals surface area contributed by atoms with Crippen LogP contribution in [0.4, 0.5) is 8.78 Å². The van der Waals surface area contributed by atoms with Crippen molar-refractivity contribution in [1.29, 1.82) is 5.41 Å². The van der Waals surface area contributed by atoms with Crippen LogP contribution in [0.2, 0.25) is 10.0 Å². The van der Waals surface area contributed by atoms with Crippen LogP contribution in [-0.4, -0.2) is 25.4 Å². The molecule has 252 valence electrons. The molecule has 0 spiro atoms. The molecule has 0 radical (unpaired) electrons. The zero-order chi connectivity index (χ0) is 34.9. The van der Waals surface area contributed by atoms with E-state index < -0.39 is 17.6 Å². The highest BCUT2D eigenvalue weighted by Gasteiger charge is 2.15. The molecule has 4 nitrogen and oxygen atoms in total. The van der Waals surface area contributed by atoms with Gasteiger partial charge in [0.05, 0.1) is 18.2 Å². The lowest BCUT2D eigenvalue weighted by atomic mass is 9.93. The first kappa shape index (κ1) is 36.2. The van der Waals surface area contributed by atoms with Crippen LogP contribution in [0.3, 0.4) is 0 Å². The summed E-state index contributed by atoms with van der Waals surface area (Å²) in [6.07, 6.45) is 6.56. The highest BCUT2D eigenvalue weighted by Crippen LogP contribution is 2.35. The maximum absolute atomic E-state index is 15.5. The number of rotatable bonds is 15. The molecule has 0 aliphatic heterocycles. The molecule has 0 heterocycles. The zero-order valence-electron chi connectivity index (χ0n) is 26.6. The summed E-state index contributed by atoms with van der Waals surface area (Å²) in [4.78, 5) is 11.1. The summed E-state index contributed by atoms with van der Waals surface area (Å²) < 4.78 is 41.9. The first-order valence-corrected chi connectivity index (χ1v) is 17.4. The molecule has 0 saturated heterocycles. The minimum atomic E-state index is -0.487. The fourth-order valence-corrected chi connectivity index (χ4v) is 6.51. The van der Waals surface area contributed by atoms with Crippen LogP contribution in [0, 0.1) is 17.0 Å². The number of ether oxygens (including phenoxy) is 2. The average Bonchev–Trinajstić information content (AvgIpc) is 3.10. The van der Waals surface area contributed by atoms with Gasteiger partial charge in [0.25, 0.3) is 0 Å². The Kier molecular flexibility index (Phi) is 12.6. The smallest absolute Gasteiger partial charge is 0.330 e. The van der Waals surface area contributed by atoms with Gasteiger partial charge in [-0.2, -0.15) is 0 Å². The van der Waals surface area contributed by atoms with Crippen LogP contribution in [0.5, 0.6) is 5.75 Å². The van der Waals surface area contributed by atoms with Gasteiger partial charge in [0.1, 0.15) is 5.82 Å². The Morgan fingerprint density at radius 2 is 1.55 bits per heavy atom. The molecular weight excluding hydrogens is 731 g/mol. The van der Waals surface area contributed by atoms with E-state index in [4.69, 9.17) is 38.1 Å². The van der Waals surface area contributed by atoms with Gasteiger partial charge in [0.15, 0.2) is 11.6 Å². The topological polar surface area (TPSA) is 59.4 Å². The molecule has 5 aromatic rings. The first-order valence-electron chi connectivity index (χ1n) is 15.9. The van der Waals surface area contributed by atoms with Gasteiger partial charge in [-0.05, 0) is 124 Å². The monoisotopic (exact) mass is 763 g/mol. The fraction of sp³-hybridized carbons (Fsp3) is 0.200. The van der Waals surface area contributed by atoms with E-state index in [1.807, 2.05) is 30.3 Å². The van der Waals surface area contributed by atoms with E-state index >= 15 is 4.39 Å². The molecule has 0 saturated carbocycles. The van der Waals surface area contributed by atoms with Gasteiger partial charge in [0, 0.05) is 38.3 Å². The maximum Gasteiger partial charge on any atom is 0.330 e. The number of esters is 1. The zero-order valence-corrected chi connectivity index (χ0v) is 29.7. The Balaban J connectivity index is 1.22. The van der Waals surface area contributed by atoms with E-state index in [1.54, 1.807) is 30.3 Å². The molecule has 0 amide bonds. The molecule has 0 aliphatic carbocycles. The second-order valence-electron chi connectivity index (χ2n) is 11.6. The van der Waals surface area contributed by atoms with E-state index in [1.165, 1.54) is 18.3 Å². The second-order valence-corrected chi connectivity index (χ2v) is 13.2. The summed E-state index contributed by atoms with van der Waals surface area (Å²) in [6, 6.07) is 23.2. The van der Waals surface area contributed by atoms with E-state index in [2.05, 4.69) is 28.6 Å². The van der Waals surface area contributed by atoms with E-state index in [0.717, 1.165) is 52.6 Å². The van der Waals surface area contributed by atoms with E-state index in [0.29, 0.717) is 69.5 Å². The van der Waals surface area contributed by atoms with Crippen LogP contribution in [-0.2, 0) is 22.4 Å². The van der Waals surface area contributed by atoms with Crippen molar-refractivity contribution in [2.45, 2.75) is 38.5 Å². The van der Waals surface area contributed by atoms with Crippen LogP contribution in [0.15, 0.2) is 96.0 Å². The van der Waals surface area contributed by atoms with Gasteiger partial charge in [-0.15, -0.1) is 0 Å². The quantitative estimate of drug-likeness (QED) is 0.0500. The third-order valence-corrected chi connectivity index (χ3v) is 9.90. The summed E-state index contributed by atoms with van der Waals surface area (Å²) in [5, 5.41) is 11.0. The standard InChI is InChI=1S/C40H34BrCl2F2NO3/c1-2-39(47)49-18-6-4-3-5-17-48-38-16-11-27(22-37(38)45)26-9-14-31(30(20-26)24-46)29-21-35(42)33(36(44)23-29)13-8-25-7-12-32-28(19-25)10-15-34(41)40(32)43/h2,7,9-12,14-16,19-24,46H,1,3-6,8,13,17-18H2. The van der Waals surface area contributed by atoms with Crippen molar-refractivity contribution in [3.05, 3.63) is 134 Å². The Hall–Kier alpha value is -4.04. The molecule has 9 heteroatoms. The average molecular weight is 766 g/mol. The molecule has 0 aromatic heterocycles. The number of benzene rings is 5. The number of fused-ring (bicyclic) bond motifs is 1. The number of carbonyl (C=O) groups is 1. The highest BCUT2D eigenvalue weighted by atomic mass is 79.9. The van der Waals surface area contributed by atoms with Crippen LogP contribution in [0.1, 0.15) is 42.4 Å². The summed E-state index contributed by atoms with van der Waals surface area (Å²) in [7, 11) is 0. The lowest BCUT2D eigenvalue weighted by molar-refractivity contribution is -0.137. The third-order valence-electron chi connectivity index (χ3n) is 8.27. The minimum absolute atomic E-state index is 0.163. The van der Waals surface area contributed by atoms with Gasteiger partial charge in [-0.1, -0.05) is 72.2 Å². The predicted molar refractivity (Wildman–Crippen MR) is 199 cm³/mol. The van der Waals surface area contributed by atoms with Crippen molar-refractivity contribution in [3.63, 3.8) is 0 Å². The van der Waals surface area contributed by atoms with Crippen molar-refractivity contribution < 1.29 is 23.0 Å². The Labute approximate surface area is 303 Å². The van der Waals surface area contributed by atoms with Crippen molar-refractivity contribution in [3.8, 4) is 28.0 Å². The highest BCUT2D eigenvalue weighted by molar-refractivity contribution is 9.10. The molecule has 1 N–H and O–H groups in total. The molecule has 0 fully saturated rings. The minimum Gasteiger partial charge on any atom is -0.491 e. The molecule has 0 aliphatic rings. The Morgan fingerprint density at radius 1 is 0.816 bits per heavy atom. The number of carbonyl (C=O) groups excluding carboxylic acids is 1.